The lowest BCUT2D eigenvalue weighted by atomic mass is 10.0. The zero-order valence-electron chi connectivity index (χ0n) is 11.1. The van der Waals surface area contributed by atoms with Gasteiger partial charge < -0.3 is 15.7 Å². The Bertz CT molecular complexity index is 394. The maximum Gasteiger partial charge on any atom is 0.319 e. The first-order valence-corrected chi connectivity index (χ1v) is 6.14. The van der Waals surface area contributed by atoms with Crippen molar-refractivity contribution in [3.05, 3.63) is 24.0 Å². The molecule has 100 valence electrons. The van der Waals surface area contributed by atoms with E-state index in [2.05, 4.69) is 15.6 Å². The van der Waals surface area contributed by atoms with Crippen LogP contribution < -0.4 is 10.6 Å². The fourth-order valence-electron chi connectivity index (χ4n) is 1.45. The average Bonchev–Trinajstić information content (AvgIpc) is 2.32. The van der Waals surface area contributed by atoms with Crippen molar-refractivity contribution in [3.8, 4) is 0 Å². The number of nitrogens with zero attached hydrogens (tertiary/aromatic N) is 1. The van der Waals surface area contributed by atoms with Gasteiger partial charge in [-0.05, 0) is 30.9 Å². The molecule has 0 aliphatic rings. The maximum atomic E-state index is 11.6. The Hall–Kier alpha value is -1.62. The van der Waals surface area contributed by atoms with Crippen molar-refractivity contribution in [2.45, 2.75) is 33.3 Å². The molecular weight excluding hydrogens is 230 g/mol. The van der Waals surface area contributed by atoms with E-state index in [-0.39, 0.29) is 18.1 Å². The van der Waals surface area contributed by atoms with Crippen LogP contribution in [-0.4, -0.2) is 28.8 Å². The molecule has 0 aromatic carbocycles. The van der Waals surface area contributed by atoms with Crippen LogP contribution in [0.3, 0.4) is 0 Å². The minimum atomic E-state index is -0.382. The van der Waals surface area contributed by atoms with Crippen LogP contribution in [-0.2, 0) is 0 Å². The molecule has 0 saturated carbocycles. The highest BCUT2D eigenvalue weighted by Gasteiger charge is 2.09. The third kappa shape index (κ3) is 4.71. The van der Waals surface area contributed by atoms with E-state index in [9.17, 15) is 9.90 Å². The molecule has 1 aromatic heterocycles. The van der Waals surface area contributed by atoms with Crippen molar-refractivity contribution in [2.75, 3.05) is 11.9 Å². The fraction of sp³-hybridized carbons (Fsp3) is 0.538. The van der Waals surface area contributed by atoms with Gasteiger partial charge in [0.05, 0.1) is 6.10 Å². The number of aryl methyl sites for hydroxylation is 1. The Morgan fingerprint density at radius 3 is 2.83 bits per heavy atom. The SMILES string of the molecule is Cc1cnccc1NC(=O)NCCC(O)C(C)C. The fourth-order valence-corrected chi connectivity index (χ4v) is 1.45. The zero-order chi connectivity index (χ0) is 13.5. The number of carbonyl (C=O) groups excluding carboxylic acids is 1. The van der Waals surface area contributed by atoms with Crippen LogP contribution in [0.15, 0.2) is 18.5 Å². The lowest BCUT2D eigenvalue weighted by Crippen LogP contribution is -2.32. The van der Waals surface area contributed by atoms with Crippen molar-refractivity contribution in [1.82, 2.24) is 10.3 Å². The number of aromatic nitrogens is 1. The van der Waals surface area contributed by atoms with Crippen LogP contribution in [0.5, 0.6) is 0 Å². The normalized spacial score (nSPS) is 12.3. The first-order valence-electron chi connectivity index (χ1n) is 6.14. The molecule has 5 heteroatoms. The molecule has 1 unspecified atom stereocenters. The van der Waals surface area contributed by atoms with Gasteiger partial charge in [0.15, 0.2) is 0 Å². The summed E-state index contributed by atoms with van der Waals surface area (Å²) in [5.41, 5.74) is 1.65. The Kier molecular flexibility index (Phi) is 5.58. The number of urea groups is 1. The van der Waals surface area contributed by atoms with Crippen LogP contribution in [0.1, 0.15) is 25.8 Å². The summed E-state index contributed by atoms with van der Waals surface area (Å²) < 4.78 is 0. The molecule has 0 spiro atoms. The lowest BCUT2D eigenvalue weighted by Gasteiger charge is -2.15. The number of hydrogen-bond donors (Lipinski definition) is 3. The van der Waals surface area contributed by atoms with Gasteiger partial charge in [0, 0.05) is 24.6 Å². The summed E-state index contributed by atoms with van der Waals surface area (Å²) in [6.07, 6.45) is 3.50. The summed E-state index contributed by atoms with van der Waals surface area (Å²) in [6, 6.07) is 1.48. The number of aliphatic hydroxyl groups excluding tert-OH is 1. The van der Waals surface area contributed by atoms with E-state index >= 15 is 0 Å². The van der Waals surface area contributed by atoms with Gasteiger partial charge in [-0.3, -0.25) is 4.98 Å². The van der Waals surface area contributed by atoms with Gasteiger partial charge in [-0.25, -0.2) is 4.79 Å². The van der Waals surface area contributed by atoms with Crippen molar-refractivity contribution >= 4 is 11.7 Å². The van der Waals surface area contributed by atoms with Gasteiger partial charge in [0.1, 0.15) is 0 Å². The highest BCUT2D eigenvalue weighted by atomic mass is 16.3. The van der Waals surface area contributed by atoms with Crippen LogP contribution in [0.25, 0.3) is 0 Å². The van der Waals surface area contributed by atoms with E-state index in [1.165, 1.54) is 0 Å². The van der Waals surface area contributed by atoms with E-state index in [0.29, 0.717) is 13.0 Å². The van der Waals surface area contributed by atoms with Crippen molar-refractivity contribution < 1.29 is 9.90 Å². The predicted molar refractivity (Wildman–Crippen MR) is 71.5 cm³/mol. The molecule has 1 aromatic rings. The number of carbonyl (C=O) groups is 1. The molecule has 0 fully saturated rings. The molecule has 3 N–H and O–H groups in total. The average molecular weight is 251 g/mol. The number of hydrogen-bond acceptors (Lipinski definition) is 3. The molecule has 18 heavy (non-hydrogen) atoms. The van der Waals surface area contributed by atoms with E-state index in [1.807, 2.05) is 20.8 Å². The molecule has 5 nitrogen and oxygen atoms in total. The molecule has 1 heterocycles. The highest BCUT2D eigenvalue weighted by Crippen LogP contribution is 2.11. The molecule has 1 atom stereocenters. The smallest absolute Gasteiger partial charge is 0.319 e. The molecule has 0 bridgehead atoms. The summed E-state index contributed by atoms with van der Waals surface area (Å²) in [4.78, 5) is 15.5. The second-order valence-corrected chi connectivity index (χ2v) is 4.67. The summed E-state index contributed by atoms with van der Waals surface area (Å²) >= 11 is 0. The van der Waals surface area contributed by atoms with Crippen LogP contribution >= 0.6 is 0 Å². The van der Waals surface area contributed by atoms with Crippen molar-refractivity contribution in [3.63, 3.8) is 0 Å². The number of amides is 2. The second kappa shape index (κ2) is 6.96. The molecular formula is C13H21N3O2. The second-order valence-electron chi connectivity index (χ2n) is 4.67. The van der Waals surface area contributed by atoms with E-state index in [1.54, 1.807) is 18.5 Å². The first-order chi connectivity index (χ1) is 8.50. The molecule has 0 aliphatic heterocycles. The summed E-state index contributed by atoms with van der Waals surface area (Å²) in [5.74, 6) is 0.206. The monoisotopic (exact) mass is 251 g/mol. The first kappa shape index (κ1) is 14.4. The summed E-state index contributed by atoms with van der Waals surface area (Å²) in [5, 5.41) is 15.0. The molecule has 1 rings (SSSR count). The van der Waals surface area contributed by atoms with Gasteiger partial charge in [-0.2, -0.15) is 0 Å². The Balaban J connectivity index is 2.33. The standard InChI is InChI=1S/C13H21N3O2/c1-9(2)12(17)5-7-15-13(18)16-11-4-6-14-8-10(11)3/h4,6,8-9,12,17H,5,7H2,1-3H3,(H2,14,15,16,18). The van der Waals surface area contributed by atoms with Gasteiger partial charge >= 0.3 is 6.03 Å². The number of nitrogens with one attached hydrogen (secondary N) is 2. The van der Waals surface area contributed by atoms with Crippen LogP contribution in [0.2, 0.25) is 0 Å². The molecule has 0 saturated heterocycles. The van der Waals surface area contributed by atoms with Gasteiger partial charge in [0.25, 0.3) is 0 Å². The predicted octanol–water partition coefficient (Wildman–Crippen LogP) is 1.92. The minimum absolute atomic E-state index is 0.206. The number of aliphatic hydroxyl groups is 1. The van der Waals surface area contributed by atoms with Gasteiger partial charge in [0.2, 0.25) is 0 Å². The third-order valence-corrected chi connectivity index (χ3v) is 2.76. The topological polar surface area (TPSA) is 74.2 Å². The largest absolute Gasteiger partial charge is 0.393 e. The lowest BCUT2D eigenvalue weighted by molar-refractivity contribution is 0.117. The van der Waals surface area contributed by atoms with Gasteiger partial charge in [-0.1, -0.05) is 13.8 Å². The minimum Gasteiger partial charge on any atom is -0.393 e. The molecule has 2 amide bonds. The maximum absolute atomic E-state index is 11.6. The van der Waals surface area contributed by atoms with E-state index in [0.717, 1.165) is 11.3 Å². The Morgan fingerprint density at radius 2 is 2.22 bits per heavy atom. The molecule has 0 aliphatic carbocycles. The number of anilines is 1. The van der Waals surface area contributed by atoms with Crippen LogP contribution in [0.4, 0.5) is 10.5 Å². The Morgan fingerprint density at radius 1 is 1.50 bits per heavy atom. The van der Waals surface area contributed by atoms with Crippen molar-refractivity contribution in [1.29, 1.82) is 0 Å². The summed E-state index contributed by atoms with van der Waals surface area (Å²) in [6.45, 7) is 6.23. The third-order valence-electron chi connectivity index (χ3n) is 2.76. The van der Waals surface area contributed by atoms with Gasteiger partial charge in [-0.15, -0.1) is 0 Å². The number of rotatable bonds is 5. The highest BCUT2D eigenvalue weighted by molar-refractivity contribution is 5.89. The van der Waals surface area contributed by atoms with E-state index in [4.69, 9.17) is 0 Å². The van der Waals surface area contributed by atoms with Crippen LogP contribution in [0, 0.1) is 12.8 Å². The Labute approximate surface area is 108 Å². The quantitative estimate of drug-likeness (QED) is 0.748. The zero-order valence-corrected chi connectivity index (χ0v) is 11.1. The van der Waals surface area contributed by atoms with Crippen molar-refractivity contribution in [2.24, 2.45) is 5.92 Å². The van der Waals surface area contributed by atoms with E-state index < -0.39 is 0 Å². The number of pyridine rings is 1. The summed E-state index contributed by atoms with van der Waals surface area (Å²) in [7, 11) is 0. The molecule has 0 radical (unpaired) electrons.